The molecule has 1 aliphatic carbocycles. The Bertz CT molecular complexity index is 92.2. The average molecular weight is 186 g/mol. The van der Waals surface area contributed by atoms with E-state index in [9.17, 15) is 0 Å². The average Bonchev–Trinajstić information content (AvgIpc) is 2.17. The van der Waals surface area contributed by atoms with E-state index in [4.69, 9.17) is 0 Å². The molecule has 2 atom stereocenters. The van der Waals surface area contributed by atoms with E-state index in [0.29, 0.717) is 0 Å². The van der Waals surface area contributed by atoms with Crippen molar-refractivity contribution in [3.8, 4) is 0 Å². The molecule has 0 heterocycles. The Morgan fingerprint density at radius 3 is 1.69 bits per heavy atom. The summed E-state index contributed by atoms with van der Waals surface area (Å²) in [5.41, 5.74) is 0. The van der Waals surface area contributed by atoms with Crippen molar-refractivity contribution in [2.75, 3.05) is 0 Å². The lowest BCUT2D eigenvalue weighted by Crippen LogP contribution is -2.07. The van der Waals surface area contributed by atoms with Crippen LogP contribution in [0.2, 0.25) is 0 Å². The minimum absolute atomic E-state index is 0. The molecule has 1 rings (SSSR count). The highest BCUT2D eigenvalue weighted by atomic mass is 14.2. The van der Waals surface area contributed by atoms with Crippen molar-refractivity contribution >= 4 is 0 Å². The van der Waals surface area contributed by atoms with Gasteiger partial charge in [0.25, 0.3) is 0 Å². The summed E-state index contributed by atoms with van der Waals surface area (Å²) in [6, 6.07) is 0. The third-order valence-corrected chi connectivity index (χ3v) is 2.13. The van der Waals surface area contributed by atoms with Crippen molar-refractivity contribution in [1.82, 2.24) is 0 Å². The molecule has 0 radical (unpaired) electrons. The monoisotopic (exact) mass is 186 g/mol. The zero-order valence-corrected chi connectivity index (χ0v) is 9.72. The Morgan fingerprint density at radius 1 is 1.00 bits per heavy atom. The van der Waals surface area contributed by atoms with Gasteiger partial charge in [0.2, 0.25) is 0 Å². The number of rotatable bonds is 0. The molecular formula is C13H30. The second-order valence-electron chi connectivity index (χ2n) is 2.84. The van der Waals surface area contributed by atoms with Crippen molar-refractivity contribution in [3.05, 3.63) is 12.2 Å². The van der Waals surface area contributed by atoms with Crippen molar-refractivity contribution in [2.45, 2.75) is 61.8 Å². The Labute approximate surface area is 86.4 Å². The molecule has 0 aromatic heterocycles. The molecule has 0 heteroatoms. The fraction of sp³-hybridized carbons (Fsp3) is 0.846. The molecule has 0 N–H and O–H groups in total. The van der Waals surface area contributed by atoms with Crippen LogP contribution in [0.3, 0.4) is 0 Å². The van der Waals surface area contributed by atoms with Crippen molar-refractivity contribution in [3.63, 3.8) is 0 Å². The zero-order chi connectivity index (χ0) is 9.98. The molecule has 0 amide bonds. The molecule has 0 spiro atoms. The lowest BCUT2D eigenvalue weighted by atomic mass is 9.87. The molecule has 1 unspecified atom stereocenters. The minimum Gasteiger partial charge on any atom is -0.0882 e. The van der Waals surface area contributed by atoms with Gasteiger partial charge in [0.15, 0.2) is 0 Å². The summed E-state index contributed by atoms with van der Waals surface area (Å²) < 4.78 is 0. The lowest BCUT2D eigenvalue weighted by molar-refractivity contribution is 0.413. The molecule has 0 aromatic rings. The third kappa shape index (κ3) is 9.66. The van der Waals surface area contributed by atoms with Crippen LogP contribution in [0.1, 0.15) is 61.8 Å². The predicted octanol–water partition coefficient (Wildman–Crippen LogP) is 5.30. The van der Waals surface area contributed by atoms with Gasteiger partial charge in [-0.1, -0.05) is 61.1 Å². The summed E-state index contributed by atoms with van der Waals surface area (Å²) in [6.07, 6.45) is 7.31. The van der Waals surface area contributed by atoms with Crippen molar-refractivity contribution < 1.29 is 0 Å². The summed E-state index contributed by atoms with van der Waals surface area (Å²) in [7, 11) is 0. The summed E-state index contributed by atoms with van der Waals surface area (Å²) in [6.45, 7) is 12.6. The van der Waals surface area contributed by atoms with Crippen molar-refractivity contribution in [1.29, 1.82) is 0 Å². The highest BCUT2D eigenvalue weighted by molar-refractivity contribution is 4.93. The van der Waals surface area contributed by atoms with Crippen LogP contribution in [0.15, 0.2) is 12.2 Å². The number of hydrogen-bond donors (Lipinski definition) is 0. The van der Waals surface area contributed by atoms with Crippen LogP contribution in [0.25, 0.3) is 0 Å². The van der Waals surface area contributed by atoms with Gasteiger partial charge in [-0.2, -0.15) is 0 Å². The molecule has 0 nitrogen and oxygen atoms in total. The summed E-state index contributed by atoms with van der Waals surface area (Å²) in [5.74, 6) is 1.74. The van der Waals surface area contributed by atoms with Crippen LogP contribution in [0.5, 0.6) is 0 Å². The highest BCUT2D eigenvalue weighted by Gasteiger charge is 2.10. The summed E-state index contributed by atoms with van der Waals surface area (Å²) in [5, 5.41) is 0. The first-order chi connectivity index (χ1) is 5.80. The van der Waals surface area contributed by atoms with Crippen LogP contribution in [-0.4, -0.2) is 0 Å². The number of hydrogen-bond acceptors (Lipinski definition) is 0. The third-order valence-electron chi connectivity index (χ3n) is 2.13. The zero-order valence-electron chi connectivity index (χ0n) is 9.72. The number of allylic oxidation sites excluding steroid dienone is 2. The first kappa shape index (κ1) is 18.5. The van der Waals surface area contributed by atoms with Crippen LogP contribution in [0.4, 0.5) is 0 Å². The molecule has 1 aliphatic rings. The SMILES string of the molecule is C.CC.CC.CC1CCC=C[C@@H]1C. The highest BCUT2D eigenvalue weighted by Crippen LogP contribution is 2.22. The molecule has 0 aromatic carbocycles. The van der Waals surface area contributed by atoms with E-state index < -0.39 is 0 Å². The maximum Gasteiger partial charge on any atom is -0.0236 e. The normalized spacial score (nSPS) is 24.2. The molecule has 0 fully saturated rings. The van der Waals surface area contributed by atoms with E-state index in [2.05, 4.69) is 26.0 Å². The fourth-order valence-corrected chi connectivity index (χ4v) is 1.12. The minimum atomic E-state index is 0. The Hall–Kier alpha value is -0.260. The second-order valence-corrected chi connectivity index (χ2v) is 2.84. The molecule has 0 saturated heterocycles. The maximum absolute atomic E-state index is 2.33. The van der Waals surface area contributed by atoms with E-state index in [1.54, 1.807) is 0 Å². The molecule has 0 bridgehead atoms. The largest absolute Gasteiger partial charge is 0.0882 e. The first-order valence-corrected chi connectivity index (χ1v) is 5.47. The summed E-state index contributed by atoms with van der Waals surface area (Å²) >= 11 is 0. The topological polar surface area (TPSA) is 0 Å². The maximum atomic E-state index is 2.33. The Kier molecular flexibility index (Phi) is 20.3. The molecule has 0 saturated carbocycles. The van der Waals surface area contributed by atoms with Gasteiger partial charge in [0, 0.05) is 0 Å². The van der Waals surface area contributed by atoms with Gasteiger partial charge in [-0.15, -0.1) is 0 Å². The summed E-state index contributed by atoms with van der Waals surface area (Å²) in [4.78, 5) is 0. The molecular weight excluding hydrogens is 156 g/mol. The van der Waals surface area contributed by atoms with Crippen LogP contribution in [-0.2, 0) is 0 Å². The van der Waals surface area contributed by atoms with Crippen LogP contribution in [0, 0.1) is 11.8 Å². The smallest absolute Gasteiger partial charge is 0.0236 e. The van der Waals surface area contributed by atoms with Gasteiger partial charge in [0.05, 0.1) is 0 Å². The van der Waals surface area contributed by atoms with Gasteiger partial charge in [-0.25, -0.2) is 0 Å². The lowest BCUT2D eigenvalue weighted by Gasteiger charge is -2.19. The van der Waals surface area contributed by atoms with E-state index in [-0.39, 0.29) is 7.43 Å². The predicted molar refractivity (Wildman–Crippen MR) is 66.1 cm³/mol. The van der Waals surface area contributed by atoms with Crippen LogP contribution >= 0.6 is 0 Å². The Balaban J connectivity index is -0.000000178. The first-order valence-electron chi connectivity index (χ1n) is 5.47. The van der Waals surface area contributed by atoms with Gasteiger partial charge in [-0.3, -0.25) is 0 Å². The van der Waals surface area contributed by atoms with E-state index in [0.717, 1.165) is 11.8 Å². The van der Waals surface area contributed by atoms with Crippen molar-refractivity contribution in [2.24, 2.45) is 11.8 Å². The van der Waals surface area contributed by atoms with Gasteiger partial charge < -0.3 is 0 Å². The van der Waals surface area contributed by atoms with E-state index in [1.807, 2.05) is 27.7 Å². The van der Waals surface area contributed by atoms with E-state index in [1.165, 1.54) is 12.8 Å². The van der Waals surface area contributed by atoms with Gasteiger partial charge in [0.1, 0.15) is 0 Å². The molecule has 0 aliphatic heterocycles. The van der Waals surface area contributed by atoms with Crippen LogP contribution < -0.4 is 0 Å². The Morgan fingerprint density at radius 2 is 1.46 bits per heavy atom. The fourth-order valence-electron chi connectivity index (χ4n) is 1.12. The standard InChI is InChI=1S/C8H14.2C2H6.CH4/c1-7-5-3-4-6-8(7)2;2*1-2;/h3,5,7-8H,4,6H2,1-2H3;2*1-2H3;1H4/t7-,8?;;;/m0.../s1. The quantitative estimate of drug-likeness (QED) is 0.450. The van der Waals surface area contributed by atoms with Gasteiger partial charge in [-0.05, 0) is 24.7 Å². The van der Waals surface area contributed by atoms with E-state index >= 15 is 0 Å². The van der Waals surface area contributed by atoms with Gasteiger partial charge >= 0.3 is 0 Å². The molecule has 82 valence electrons. The molecule has 13 heavy (non-hydrogen) atoms. The second kappa shape index (κ2) is 14.3.